The molecule has 0 spiro atoms. The van der Waals surface area contributed by atoms with Crippen LogP contribution in [0.1, 0.15) is 28.1 Å². The Balaban J connectivity index is 1.75. The lowest BCUT2D eigenvalue weighted by Gasteiger charge is -2.29. The van der Waals surface area contributed by atoms with Crippen molar-refractivity contribution in [3.05, 3.63) is 88.2 Å². The molecule has 5 nitrogen and oxygen atoms in total. The van der Waals surface area contributed by atoms with Crippen molar-refractivity contribution < 1.29 is 9.59 Å². The molecule has 0 aliphatic carbocycles. The molecular formula is C25H23N3O2S. The van der Waals surface area contributed by atoms with Crippen LogP contribution in [0.2, 0.25) is 0 Å². The molecule has 2 amide bonds. The van der Waals surface area contributed by atoms with Crippen LogP contribution in [0.5, 0.6) is 0 Å². The van der Waals surface area contributed by atoms with Gasteiger partial charge in [0, 0.05) is 17.1 Å². The van der Waals surface area contributed by atoms with Gasteiger partial charge in [-0.15, -0.1) is 0 Å². The van der Waals surface area contributed by atoms with Gasteiger partial charge >= 0.3 is 0 Å². The summed E-state index contributed by atoms with van der Waals surface area (Å²) in [6.07, 6.45) is 1.65. The van der Waals surface area contributed by atoms with Gasteiger partial charge < -0.3 is 4.57 Å². The SMILES string of the molecule is Cc1ccc(N2C(=O)/C(=C\c3cc(C)n(-c4ccc(C)cc4)c3C)C(=O)NC2=S)cc1. The lowest BCUT2D eigenvalue weighted by atomic mass is 10.1. The number of carbonyl (C=O) groups excluding carboxylic acids is 2. The highest BCUT2D eigenvalue weighted by Crippen LogP contribution is 2.26. The number of rotatable bonds is 3. The molecule has 3 aromatic rings. The largest absolute Gasteiger partial charge is 0.318 e. The monoisotopic (exact) mass is 429 g/mol. The number of nitrogens with one attached hydrogen (secondary N) is 1. The van der Waals surface area contributed by atoms with Crippen LogP contribution >= 0.6 is 12.2 Å². The summed E-state index contributed by atoms with van der Waals surface area (Å²) in [6, 6.07) is 17.7. The number of thiocarbonyl (C=S) groups is 1. The zero-order valence-electron chi connectivity index (χ0n) is 17.9. The maximum absolute atomic E-state index is 13.2. The van der Waals surface area contributed by atoms with E-state index < -0.39 is 11.8 Å². The van der Waals surface area contributed by atoms with Crippen LogP contribution in [0.15, 0.2) is 60.2 Å². The van der Waals surface area contributed by atoms with E-state index in [0.29, 0.717) is 5.69 Å². The highest BCUT2D eigenvalue weighted by Gasteiger charge is 2.34. The lowest BCUT2D eigenvalue weighted by Crippen LogP contribution is -2.54. The minimum Gasteiger partial charge on any atom is -0.318 e. The number of benzene rings is 2. The summed E-state index contributed by atoms with van der Waals surface area (Å²) < 4.78 is 2.11. The van der Waals surface area contributed by atoms with Gasteiger partial charge in [-0.2, -0.15) is 0 Å². The first-order valence-corrected chi connectivity index (χ1v) is 10.4. The number of aryl methyl sites for hydroxylation is 3. The topological polar surface area (TPSA) is 54.3 Å². The van der Waals surface area contributed by atoms with Gasteiger partial charge in [-0.3, -0.25) is 19.8 Å². The highest BCUT2D eigenvalue weighted by molar-refractivity contribution is 7.80. The number of aromatic nitrogens is 1. The van der Waals surface area contributed by atoms with Gasteiger partial charge in [-0.1, -0.05) is 35.4 Å². The first kappa shape index (κ1) is 20.8. The van der Waals surface area contributed by atoms with Gasteiger partial charge in [0.15, 0.2) is 5.11 Å². The molecule has 0 saturated carbocycles. The Morgan fingerprint density at radius 1 is 0.839 bits per heavy atom. The van der Waals surface area contributed by atoms with Gasteiger partial charge in [0.25, 0.3) is 11.8 Å². The van der Waals surface area contributed by atoms with E-state index in [0.717, 1.165) is 28.2 Å². The molecule has 1 N–H and O–H groups in total. The molecule has 4 rings (SSSR count). The summed E-state index contributed by atoms with van der Waals surface area (Å²) >= 11 is 5.28. The second kappa shape index (κ2) is 7.96. The summed E-state index contributed by atoms with van der Waals surface area (Å²) in [5.41, 5.74) is 6.75. The third-order valence-corrected chi connectivity index (χ3v) is 5.74. The Morgan fingerprint density at radius 2 is 1.39 bits per heavy atom. The maximum Gasteiger partial charge on any atom is 0.270 e. The molecule has 2 aromatic carbocycles. The van der Waals surface area contributed by atoms with E-state index in [9.17, 15) is 9.59 Å². The van der Waals surface area contributed by atoms with Crippen molar-refractivity contribution in [1.29, 1.82) is 0 Å². The van der Waals surface area contributed by atoms with Crippen molar-refractivity contribution in [2.24, 2.45) is 0 Å². The molecule has 0 atom stereocenters. The molecule has 0 unspecified atom stereocenters. The Labute approximate surface area is 187 Å². The van der Waals surface area contributed by atoms with E-state index in [1.165, 1.54) is 10.5 Å². The molecule has 1 aliphatic rings. The maximum atomic E-state index is 13.2. The van der Waals surface area contributed by atoms with Gasteiger partial charge in [-0.25, -0.2) is 0 Å². The molecule has 2 heterocycles. The van der Waals surface area contributed by atoms with Gasteiger partial charge in [-0.05, 0) is 81.9 Å². The van der Waals surface area contributed by atoms with Gasteiger partial charge in [0.1, 0.15) is 5.57 Å². The molecule has 1 aromatic heterocycles. The zero-order chi connectivity index (χ0) is 22.3. The van der Waals surface area contributed by atoms with Crippen molar-refractivity contribution in [1.82, 2.24) is 9.88 Å². The lowest BCUT2D eigenvalue weighted by molar-refractivity contribution is -0.122. The van der Waals surface area contributed by atoms with Crippen LogP contribution in [-0.4, -0.2) is 21.5 Å². The normalized spacial score (nSPS) is 15.5. The van der Waals surface area contributed by atoms with Crippen molar-refractivity contribution in [3.63, 3.8) is 0 Å². The summed E-state index contributed by atoms with van der Waals surface area (Å²) in [5.74, 6) is -0.920. The Hall–Kier alpha value is -3.51. The first-order valence-electron chi connectivity index (χ1n) is 10.0. The fraction of sp³-hybridized carbons (Fsp3) is 0.160. The summed E-state index contributed by atoms with van der Waals surface area (Å²) in [5, 5.41) is 2.73. The third kappa shape index (κ3) is 3.82. The average Bonchev–Trinajstić information content (AvgIpc) is 3.00. The Morgan fingerprint density at radius 3 is 1.97 bits per heavy atom. The summed E-state index contributed by atoms with van der Waals surface area (Å²) in [6.45, 7) is 8.00. The van der Waals surface area contributed by atoms with Crippen LogP contribution in [-0.2, 0) is 9.59 Å². The number of amides is 2. The average molecular weight is 430 g/mol. The fourth-order valence-corrected chi connectivity index (χ4v) is 4.05. The number of hydrogen-bond donors (Lipinski definition) is 1. The van der Waals surface area contributed by atoms with E-state index in [2.05, 4.69) is 34.1 Å². The first-order chi connectivity index (χ1) is 14.8. The molecule has 1 aliphatic heterocycles. The number of carbonyl (C=O) groups is 2. The second-order valence-corrected chi connectivity index (χ2v) is 8.18. The Kier molecular flexibility index (Phi) is 5.33. The van der Waals surface area contributed by atoms with Crippen LogP contribution in [0, 0.1) is 27.7 Å². The second-order valence-electron chi connectivity index (χ2n) is 7.79. The molecule has 1 saturated heterocycles. The van der Waals surface area contributed by atoms with E-state index >= 15 is 0 Å². The van der Waals surface area contributed by atoms with E-state index in [-0.39, 0.29) is 10.7 Å². The number of hydrogen-bond acceptors (Lipinski definition) is 3. The van der Waals surface area contributed by atoms with Crippen LogP contribution in [0.3, 0.4) is 0 Å². The smallest absolute Gasteiger partial charge is 0.270 e. The standard InChI is InChI=1S/C25H23N3O2S/c1-15-5-9-20(10-6-15)27-17(3)13-19(18(27)4)14-22-23(29)26-25(31)28(24(22)30)21-11-7-16(2)8-12-21/h5-14H,1-4H3,(H,26,29,31)/b22-14-. The molecule has 156 valence electrons. The summed E-state index contributed by atoms with van der Waals surface area (Å²) in [7, 11) is 0. The van der Waals surface area contributed by atoms with Gasteiger partial charge in [0.2, 0.25) is 0 Å². The fourth-order valence-electron chi connectivity index (χ4n) is 3.77. The molecular weight excluding hydrogens is 406 g/mol. The summed E-state index contributed by atoms with van der Waals surface area (Å²) in [4.78, 5) is 27.3. The van der Waals surface area contributed by atoms with E-state index in [4.69, 9.17) is 12.2 Å². The van der Waals surface area contributed by atoms with Crippen molar-refractivity contribution in [2.45, 2.75) is 27.7 Å². The number of nitrogens with zero attached hydrogens (tertiary/aromatic N) is 2. The van der Waals surface area contributed by atoms with Crippen molar-refractivity contribution >= 4 is 40.9 Å². The molecule has 1 fully saturated rings. The highest BCUT2D eigenvalue weighted by atomic mass is 32.1. The van der Waals surface area contributed by atoms with Crippen LogP contribution in [0.4, 0.5) is 5.69 Å². The number of anilines is 1. The minimum atomic E-state index is -0.487. The minimum absolute atomic E-state index is 0.0540. The molecule has 0 radical (unpaired) electrons. The van der Waals surface area contributed by atoms with Crippen LogP contribution < -0.4 is 10.2 Å². The predicted molar refractivity (Wildman–Crippen MR) is 127 cm³/mol. The Bertz CT molecular complexity index is 1240. The van der Waals surface area contributed by atoms with Crippen LogP contribution in [0.25, 0.3) is 11.8 Å². The van der Waals surface area contributed by atoms with E-state index in [1.54, 1.807) is 6.08 Å². The molecule has 31 heavy (non-hydrogen) atoms. The van der Waals surface area contributed by atoms with Gasteiger partial charge in [0.05, 0.1) is 5.69 Å². The predicted octanol–water partition coefficient (Wildman–Crippen LogP) is 4.54. The van der Waals surface area contributed by atoms with E-state index in [1.807, 2.05) is 58.0 Å². The van der Waals surface area contributed by atoms with Crippen molar-refractivity contribution in [3.8, 4) is 5.69 Å². The molecule has 0 bridgehead atoms. The van der Waals surface area contributed by atoms with Crippen molar-refractivity contribution in [2.75, 3.05) is 4.90 Å². The molecule has 6 heteroatoms. The third-order valence-electron chi connectivity index (χ3n) is 5.46. The zero-order valence-corrected chi connectivity index (χ0v) is 18.7. The quantitative estimate of drug-likeness (QED) is 0.378.